The number of carbonyl (C=O) groups is 1. The van der Waals surface area contributed by atoms with Gasteiger partial charge in [-0.15, -0.1) is 0 Å². The van der Waals surface area contributed by atoms with Crippen molar-refractivity contribution in [3.8, 4) is 5.75 Å². The number of halogens is 2. The maximum absolute atomic E-state index is 12.3. The highest BCUT2D eigenvalue weighted by Crippen LogP contribution is 2.29. The molecule has 4 nitrogen and oxygen atoms in total. The Balaban J connectivity index is 2.31. The quantitative estimate of drug-likeness (QED) is 0.765. The Hall–Kier alpha value is -1.53. The van der Waals surface area contributed by atoms with E-state index in [1.165, 1.54) is 7.11 Å². The van der Waals surface area contributed by atoms with E-state index in [0.717, 1.165) is 8.95 Å². The Morgan fingerprint density at radius 3 is 2.70 bits per heavy atom. The number of benzene rings is 2. The number of para-hydroxylation sites is 1. The van der Waals surface area contributed by atoms with Crippen LogP contribution in [0.5, 0.6) is 5.75 Å². The van der Waals surface area contributed by atoms with Gasteiger partial charge in [0, 0.05) is 8.95 Å². The van der Waals surface area contributed by atoms with Crippen molar-refractivity contribution in [3.05, 3.63) is 50.9 Å². The minimum absolute atomic E-state index is 0.291. The summed E-state index contributed by atoms with van der Waals surface area (Å²) < 4.78 is 6.76. The van der Waals surface area contributed by atoms with Gasteiger partial charge in [0.2, 0.25) is 0 Å². The van der Waals surface area contributed by atoms with Crippen molar-refractivity contribution < 1.29 is 9.53 Å². The van der Waals surface area contributed by atoms with Gasteiger partial charge in [0.15, 0.2) is 0 Å². The van der Waals surface area contributed by atoms with Crippen LogP contribution >= 0.6 is 31.9 Å². The van der Waals surface area contributed by atoms with Gasteiger partial charge in [-0.1, -0.05) is 22.0 Å². The minimum atomic E-state index is -0.291. The summed E-state index contributed by atoms with van der Waals surface area (Å²) in [4.78, 5) is 12.3. The molecule has 0 aliphatic rings. The number of carbonyl (C=O) groups excluding carboxylic acids is 1. The summed E-state index contributed by atoms with van der Waals surface area (Å²) in [6, 6.07) is 10.6. The lowest BCUT2D eigenvalue weighted by Gasteiger charge is -2.11. The van der Waals surface area contributed by atoms with Crippen LogP contribution in [0.3, 0.4) is 0 Å². The lowest BCUT2D eigenvalue weighted by molar-refractivity contribution is 0.102. The highest BCUT2D eigenvalue weighted by molar-refractivity contribution is 9.11. The van der Waals surface area contributed by atoms with Crippen molar-refractivity contribution >= 4 is 49.1 Å². The Kier molecular flexibility index (Phi) is 4.67. The van der Waals surface area contributed by atoms with Crippen LogP contribution in [-0.4, -0.2) is 13.0 Å². The number of ether oxygens (including phenoxy) is 1. The van der Waals surface area contributed by atoms with E-state index in [4.69, 9.17) is 10.5 Å². The molecule has 0 aliphatic heterocycles. The molecule has 0 heterocycles. The molecule has 0 unspecified atom stereocenters. The second-order valence-electron chi connectivity index (χ2n) is 4.00. The highest BCUT2D eigenvalue weighted by atomic mass is 79.9. The first-order valence-electron chi connectivity index (χ1n) is 5.72. The van der Waals surface area contributed by atoms with Crippen LogP contribution in [0.25, 0.3) is 0 Å². The largest absolute Gasteiger partial charge is 0.495 e. The normalized spacial score (nSPS) is 10.2. The second kappa shape index (κ2) is 6.28. The zero-order valence-corrected chi connectivity index (χ0v) is 13.8. The molecule has 3 N–H and O–H groups in total. The predicted octanol–water partition coefficient (Wildman–Crippen LogP) is 4.05. The fourth-order valence-corrected chi connectivity index (χ4v) is 2.41. The first-order valence-corrected chi connectivity index (χ1v) is 7.30. The van der Waals surface area contributed by atoms with Crippen LogP contribution < -0.4 is 15.8 Å². The first kappa shape index (κ1) is 14.9. The minimum Gasteiger partial charge on any atom is -0.495 e. The van der Waals surface area contributed by atoms with Gasteiger partial charge in [-0.05, 0) is 46.3 Å². The standard InChI is InChI=1S/C14H12Br2N2O2/c1-20-12-4-2-3-9(13(12)17)14(19)18-11-7-8(15)5-6-10(11)16/h2-7H,17H2,1H3,(H,18,19). The molecule has 2 aromatic carbocycles. The van der Waals surface area contributed by atoms with E-state index in [9.17, 15) is 4.79 Å². The van der Waals surface area contributed by atoms with Gasteiger partial charge in [0.05, 0.1) is 24.0 Å². The SMILES string of the molecule is COc1cccc(C(=O)Nc2cc(Br)ccc2Br)c1N. The molecule has 0 saturated carbocycles. The molecule has 0 radical (unpaired) electrons. The van der Waals surface area contributed by atoms with E-state index in [1.54, 1.807) is 24.3 Å². The summed E-state index contributed by atoms with van der Waals surface area (Å²) in [5.41, 5.74) is 7.26. The lowest BCUT2D eigenvalue weighted by Crippen LogP contribution is -2.14. The Morgan fingerprint density at radius 1 is 1.25 bits per heavy atom. The van der Waals surface area contributed by atoms with Crippen molar-refractivity contribution in [2.45, 2.75) is 0 Å². The number of nitrogens with one attached hydrogen (secondary N) is 1. The van der Waals surface area contributed by atoms with Gasteiger partial charge in [-0.2, -0.15) is 0 Å². The molecular formula is C14H12Br2N2O2. The third-order valence-corrected chi connectivity index (χ3v) is 3.89. The molecule has 0 aliphatic carbocycles. The lowest BCUT2D eigenvalue weighted by atomic mass is 10.1. The molecule has 6 heteroatoms. The van der Waals surface area contributed by atoms with E-state index in [0.29, 0.717) is 22.7 Å². The van der Waals surface area contributed by atoms with Crippen molar-refractivity contribution in [1.29, 1.82) is 0 Å². The van der Waals surface area contributed by atoms with Gasteiger partial charge in [-0.3, -0.25) is 4.79 Å². The van der Waals surface area contributed by atoms with Crippen LogP contribution in [-0.2, 0) is 0 Å². The van der Waals surface area contributed by atoms with Gasteiger partial charge < -0.3 is 15.8 Å². The zero-order chi connectivity index (χ0) is 14.7. The fraction of sp³-hybridized carbons (Fsp3) is 0.0714. The van der Waals surface area contributed by atoms with Crippen LogP contribution in [0, 0.1) is 0 Å². The second-order valence-corrected chi connectivity index (χ2v) is 5.77. The van der Waals surface area contributed by atoms with Gasteiger partial charge in [0.1, 0.15) is 5.75 Å². The number of hydrogen-bond donors (Lipinski definition) is 2. The van der Waals surface area contributed by atoms with Crippen LogP contribution in [0.15, 0.2) is 45.3 Å². The number of anilines is 2. The fourth-order valence-electron chi connectivity index (χ4n) is 1.70. The van der Waals surface area contributed by atoms with Crippen molar-refractivity contribution in [1.82, 2.24) is 0 Å². The molecule has 0 saturated heterocycles. The molecule has 2 rings (SSSR count). The number of amides is 1. The predicted molar refractivity (Wildman–Crippen MR) is 87.2 cm³/mol. The molecule has 1 amide bonds. The molecule has 0 aromatic heterocycles. The molecule has 20 heavy (non-hydrogen) atoms. The maximum Gasteiger partial charge on any atom is 0.257 e. The van der Waals surface area contributed by atoms with Gasteiger partial charge in [-0.25, -0.2) is 0 Å². The summed E-state index contributed by atoms with van der Waals surface area (Å²) in [5.74, 6) is 0.186. The molecule has 104 valence electrons. The van der Waals surface area contributed by atoms with E-state index in [1.807, 2.05) is 12.1 Å². The maximum atomic E-state index is 12.3. The number of methoxy groups -OCH3 is 1. The molecule has 0 bridgehead atoms. The third-order valence-electron chi connectivity index (χ3n) is 2.71. The van der Waals surface area contributed by atoms with Crippen LogP contribution in [0.1, 0.15) is 10.4 Å². The average molecular weight is 400 g/mol. The molecular weight excluding hydrogens is 388 g/mol. The van der Waals surface area contributed by atoms with Crippen molar-refractivity contribution in [3.63, 3.8) is 0 Å². The van der Waals surface area contributed by atoms with Crippen LogP contribution in [0.4, 0.5) is 11.4 Å². The van der Waals surface area contributed by atoms with Gasteiger partial charge in [0.25, 0.3) is 5.91 Å². The topological polar surface area (TPSA) is 64.3 Å². The Labute approximate surface area is 133 Å². The molecule has 2 aromatic rings. The summed E-state index contributed by atoms with van der Waals surface area (Å²) in [6.07, 6.45) is 0. The number of hydrogen-bond acceptors (Lipinski definition) is 3. The zero-order valence-electron chi connectivity index (χ0n) is 10.6. The van der Waals surface area contributed by atoms with E-state index in [-0.39, 0.29) is 5.91 Å². The van der Waals surface area contributed by atoms with E-state index >= 15 is 0 Å². The molecule has 0 atom stereocenters. The van der Waals surface area contributed by atoms with E-state index in [2.05, 4.69) is 37.2 Å². The Bertz CT molecular complexity index is 660. The number of nitrogens with two attached hydrogens (primary N) is 1. The summed E-state index contributed by atoms with van der Waals surface area (Å²) in [6.45, 7) is 0. The van der Waals surface area contributed by atoms with Crippen molar-refractivity contribution in [2.24, 2.45) is 0 Å². The number of rotatable bonds is 3. The van der Waals surface area contributed by atoms with Gasteiger partial charge >= 0.3 is 0 Å². The van der Waals surface area contributed by atoms with Crippen molar-refractivity contribution in [2.75, 3.05) is 18.2 Å². The highest BCUT2D eigenvalue weighted by Gasteiger charge is 2.14. The summed E-state index contributed by atoms with van der Waals surface area (Å²) in [7, 11) is 1.51. The smallest absolute Gasteiger partial charge is 0.257 e. The van der Waals surface area contributed by atoms with E-state index < -0.39 is 0 Å². The monoisotopic (exact) mass is 398 g/mol. The summed E-state index contributed by atoms with van der Waals surface area (Å²) in [5, 5.41) is 2.81. The van der Waals surface area contributed by atoms with Crippen LogP contribution in [0.2, 0.25) is 0 Å². The third kappa shape index (κ3) is 3.13. The first-order chi connectivity index (χ1) is 9.52. The molecule has 0 spiro atoms. The number of nitrogen functional groups attached to an aromatic ring is 1. The molecule has 0 fully saturated rings. The average Bonchev–Trinajstić information content (AvgIpc) is 2.43. The Morgan fingerprint density at radius 2 is 2.00 bits per heavy atom. The summed E-state index contributed by atoms with van der Waals surface area (Å²) >= 11 is 6.75.